The number of fused-ring (bicyclic) bond motifs is 1. The van der Waals surface area contributed by atoms with Gasteiger partial charge in [-0.05, 0) is 72.3 Å². The number of hydrogen-bond donors (Lipinski definition) is 1. The van der Waals surface area contributed by atoms with Crippen molar-refractivity contribution in [2.45, 2.75) is 59.8 Å². The molecule has 184 valence electrons. The molecule has 0 spiro atoms. The number of hydrogen-bond acceptors (Lipinski definition) is 8. The maximum atomic E-state index is 13.1. The minimum Gasteiger partial charge on any atom is -0.468 e. The van der Waals surface area contributed by atoms with Crippen molar-refractivity contribution in [3.63, 3.8) is 0 Å². The van der Waals surface area contributed by atoms with Crippen LogP contribution >= 0.6 is 0 Å². The molecule has 0 saturated heterocycles. The number of carbonyl (C=O) groups excluding carboxylic acids is 1. The SMILES string of the molecule is CCOC(=O)Cn1nnnc1C(CC)N(Cc1ccco1)Cc1cc2ccc(C)c(C)c2[nH]c1=O. The average molecular weight is 479 g/mol. The molecule has 4 rings (SSSR count). The second-order valence-corrected chi connectivity index (χ2v) is 8.50. The standard InChI is InChI=1S/C25H30N6O4/c1-5-21(24-27-28-29-31(24)15-22(32)34-6-2)30(14-20-8-7-11-35-20)13-19-12-18-10-9-16(3)17(4)23(18)26-25(19)33/h7-12,21H,5-6,13-15H2,1-4H3,(H,26,33). The smallest absolute Gasteiger partial charge is 0.327 e. The van der Waals surface area contributed by atoms with Crippen molar-refractivity contribution in [3.05, 3.63) is 75.2 Å². The van der Waals surface area contributed by atoms with E-state index in [1.807, 2.05) is 45.0 Å². The molecule has 10 nitrogen and oxygen atoms in total. The normalized spacial score (nSPS) is 12.4. The average Bonchev–Trinajstić information content (AvgIpc) is 3.51. The summed E-state index contributed by atoms with van der Waals surface area (Å²) in [6.07, 6.45) is 2.26. The molecule has 0 radical (unpaired) electrons. The van der Waals surface area contributed by atoms with Crippen LogP contribution in [0.15, 0.2) is 45.8 Å². The molecule has 0 saturated carbocycles. The molecule has 4 aromatic rings. The zero-order valence-electron chi connectivity index (χ0n) is 20.4. The number of benzene rings is 1. The molecule has 0 fully saturated rings. The molecule has 1 N–H and O–H groups in total. The summed E-state index contributed by atoms with van der Waals surface area (Å²) in [4.78, 5) is 30.4. The van der Waals surface area contributed by atoms with Crippen molar-refractivity contribution in [3.8, 4) is 0 Å². The van der Waals surface area contributed by atoms with Crippen LogP contribution in [-0.2, 0) is 29.2 Å². The quantitative estimate of drug-likeness (QED) is 0.344. The van der Waals surface area contributed by atoms with Gasteiger partial charge in [-0.3, -0.25) is 14.5 Å². The van der Waals surface area contributed by atoms with E-state index in [2.05, 4.69) is 31.5 Å². The van der Waals surface area contributed by atoms with Gasteiger partial charge in [0.15, 0.2) is 5.82 Å². The first-order chi connectivity index (χ1) is 16.9. The van der Waals surface area contributed by atoms with E-state index in [1.54, 1.807) is 13.2 Å². The first-order valence-electron chi connectivity index (χ1n) is 11.7. The van der Waals surface area contributed by atoms with Crippen LogP contribution < -0.4 is 5.56 Å². The minimum atomic E-state index is -0.412. The number of rotatable bonds is 10. The third-order valence-corrected chi connectivity index (χ3v) is 6.21. The van der Waals surface area contributed by atoms with E-state index < -0.39 is 5.97 Å². The molecular weight excluding hydrogens is 448 g/mol. The minimum absolute atomic E-state index is 0.0869. The predicted molar refractivity (Wildman–Crippen MR) is 129 cm³/mol. The van der Waals surface area contributed by atoms with Gasteiger partial charge in [-0.1, -0.05) is 19.1 Å². The Kier molecular flexibility index (Phi) is 7.40. The van der Waals surface area contributed by atoms with E-state index in [9.17, 15) is 9.59 Å². The van der Waals surface area contributed by atoms with E-state index >= 15 is 0 Å². The molecule has 0 aliphatic carbocycles. The summed E-state index contributed by atoms with van der Waals surface area (Å²) < 4.78 is 12.1. The lowest BCUT2D eigenvalue weighted by Gasteiger charge is -2.29. The van der Waals surface area contributed by atoms with E-state index in [0.717, 1.165) is 27.8 Å². The Morgan fingerprint density at radius 2 is 2.06 bits per heavy atom. The van der Waals surface area contributed by atoms with Crippen molar-refractivity contribution in [1.82, 2.24) is 30.1 Å². The van der Waals surface area contributed by atoms with Gasteiger partial charge in [-0.2, -0.15) is 0 Å². The van der Waals surface area contributed by atoms with Gasteiger partial charge in [0, 0.05) is 12.1 Å². The van der Waals surface area contributed by atoms with Crippen molar-refractivity contribution in [1.29, 1.82) is 0 Å². The van der Waals surface area contributed by atoms with E-state index in [4.69, 9.17) is 9.15 Å². The molecule has 1 atom stereocenters. The highest BCUT2D eigenvalue weighted by Gasteiger charge is 2.27. The van der Waals surface area contributed by atoms with Gasteiger partial charge in [0.1, 0.15) is 12.3 Å². The van der Waals surface area contributed by atoms with Crippen molar-refractivity contribution in [2.24, 2.45) is 0 Å². The zero-order valence-corrected chi connectivity index (χ0v) is 20.4. The first kappa shape index (κ1) is 24.3. The van der Waals surface area contributed by atoms with Crippen molar-refractivity contribution >= 4 is 16.9 Å². The highest BCUT2D eigenvalue weighted by atomic mass is 16.5. The second-order valence-electron chi connectivity index (χ2n) is 8.50. The molecule has 0 aliphatic rings. The van der Waals surface area contributed by atoms with Gasteiger partial charge < -0.3 is 14.1 Å². The van der Waals surface area contributed by atoms with Crippen LogP contribution in [0, 0.1) is 13.8 Å². The summed E-state index contributed by atoms with van der Waals surface area (Å²) in [5, 5.41) is 13.0. The Morgan fingerprint density at radius 3 is 2.77 bits per heavy atom. The molecule has 35 heavy (non-hydrogen) atoms. The molecule has 0 amide bonds. The van der Waals surface area contributed by atoms with Crippen LogP contribution in [0.5, 0.6) is 0 Å². The number of esters is 1. The number of pyridine rings is 1. The monoisotopic (exact) mass is 478 g/mol. The van der Waals surface area contributed by atoms with Crippen LogP contribution in [0.3, 0.4) is 0 Å². The number of nitrogens with zero attached hydrogens (tertiary/aromatic N) is 5. The molecule has 0 bridgehead atoms. The number of aromatic nitrogens is 5. The summed E-state index contributed by atoms with van der Waals surface area (Å²) in [6.45, 7) is 8.76. The highest BCUT2D eigenvalue weighted by molar-refractivity contribution is 5.83. The third kappa shape index (κ3) is 5.32. The molecule has 1 aromatic carbocycles. The fourth-order valence-corrected chi connectivity index (χ4v) is 4.28. The number of tetrazole rings is 1. The topological polar surface area (TPSA) is 119 Å². The van der Waals surface area contributed by atoms with Gasteiger partial charge >= 0.3 is 5.97 Å². The maximum Gasteiger partial charge on any atom is 0.327 e. The Bertz CT molecular complexity index is 1360. The molecule has 10 heteroatoms. The Hall–Kier alpha value is -3.79. The summed E-state index contributed by atoms with van der Waals surface area (Å²) in [6, 6.07) is 9.44. The lowest BCUT2D eigenvalue weighted by atomic mass is 10.0. The summed E-state index contributed by atoms with van der Waals surface area (Å²) in [7, 11) is 0. The largest absolute Gasteiger partial charge is 0.468 e. The summed E-state index contributed by atoms with van der Waals surface area (Å²) in [5.41, 5.74) is 3.51. The molecule has 3 aromatic heterocycles. The third-order valence-electron chi connectivity index (χ3n) is 6.21. The summed E-state index contributed by atoms with van der Waals surface area (Å²) in [5.74, 6) is 0.859. The number of furan rings is 1. The van der Waals surface area contributed by atoms with Crippen molar-refractivity contribution < 1.29 is 13.9 Å². The number of nitrogens with one attached hydrogen (secondary N) is 1. The second kappa shape index (κ2) is 10.6. The number of carbonyl (C=O) groups is 1. The number of ether oxygens (including phenoxy) is 1. The van der Waals surface area contributed by atoms with Crippen LogP contribution in [-0.4, -0.2) is 42.7 Å². The molecule has 3 heterocycles. The highest BCUT2D eigenvalue weighted by Crippen LogP contribution is 2.27. The van der Waals surface area contributed by atoms with Crippen LogP contribution in [0.4, 0.5) is 0 Å². The van der Waals surface area contributed by atoms with Gasteiger partial charge in [0.25, 0.3) is 5.56 Å². The van der Waals surface area contributed by atoms with Gasteiger partial charge in [0.2, 0.25) is 0 Å². The molecule has 1 unspecified atom stereocenters. The number of aryl methyl sites for hydroxylation is 2. The van der Waals surface area contributed by atoms with Crippen LogP contribution in [0.1, 0.15) is 54.6 Å². The fraction of sp³-hybridized carbons (Fsp3) is 0.400. The maximum absolute atomic E-state index is 13.1. The lowest BCUT2D eigenvalue weighted by Crippen LogP contribution is -2.33. The molecular formula is C25H30N6O4. The van der Waals surface area contributed by atoms with Gasteiger partial charge in [-0.15, -0.1) is 5.10 Å². The number of aromatic amines is 1. The first-order valence-corrected chi connectivity index (χ1v) is 11.7. The zero-order chi connectivity index (χ0) is 24.9. The van der Waals surface area contributed by atoms with E-state index in [-0.39, 0.29) is 24.8 Å². The Labute approximate surface area is 202 Å². The molecule has 0 aliphatic heterocycles. The van der Waals surface area contributed by atoms with E-state index in [0.29, 0.717) is 30.9 Å². The predicted octanol–water partition coefficient (Wildman–Crippen LogP) is 3.44. The van der Waals surface area contributed by atoms with Crippen LogP contribution in [0.25, 0.3) is 10.9 Å². The number of H-pyrrole nitrogens is 1. The van der Waals surface area contributed by atoms with Gasteiger partial charge in [0.05, 0.1) is 31.0 Å². The summed E-state index contributed by atoms with van der Waals surface area (Å²) >= 11 is 0. The van der Waals surface area contributed by atoms with Gasteiger partial charge in [-0.25, -0.2) is 4.68 Å². The van der Waals surface area contributed by atoms with Crippen molar-refractivity contribution in [2.75, 3.05) is 6.61 Å². The Balaban J connectivity index is 1.71. The van der Waals surface area contributed by atoms with E-state index in [1.165, 1.54) is 4.68 Å². The fourth-order valence-electron chi connectivity index (χ4n) is 4.28. The Morgan fingerprint density at radius 1 is 1.23 bits per heavy atom. The lowest BCUT2D eigenvalue weighted by molar-refractivity contribution is -0.144. The van der Waals surface area contributed by atoms with Crippen LogP contribution in [0.2, 0.25) is 0 Å².